The van der Waals surface area contributed by atoms with Crippen molar-refractivity contribution in [1.29, 1.82) is 0 Å². The molecule has 0 aromatic heterocycles. The lowest BCUT2D eigenvalue weighted by molar-refractivity contribution is -0.123. The SMILES string of the molecule is COc1ccc(N(CC(=O)NCc2ccc3c(c2)OCO3)C(C)=O)c(OC)c1. The molecule has 0 spiro atoms. The zero-order valence-electron chi connectivity index (χ0n) is 16.0. The summed E-state index contributed by atoms with van der Waals surface area (Å²) < 4.78 is 21.1. The molecule has 1 aliphatic heterocycles. The molecule has 28 heavy (non-hydrogen) atoms. The standard InChI is InChI=1S/C20H22N2O6/c1-13(23)22(16-6-5-15(25-2)9-18(16)26-3)11-20(24)21-10-14-4-7-17-19(8-14)28-12-27-17/h4-9H,10-12H2,1-3H3,(H,21,24). The number of ether oxygens (including phenoxy) is 4. The molecule has 148 valence electrons. The predicted molar refractivity (Wildman–Crippen MR) is 102 cm³/mol. The van der Waals surface area contributed by atoms with Crippen molar-refractivity contribution in [3.8, 4) is 23.0 Å². The van der Waals surface area contributed by atoms with Crippen molar-refractivity contribution in [1.82, 2.24) is 5.32 Å². The van der Waals surface area contributed by atoms with Crippen molar-refractivity contribution in [2.75, 3.05) is 32.5 Å². The van der Waals surface area contributed by atoms with E-state index >= 15 is 0 Å². The molecule has 0 bridgehead atoms. The number of anilines is 1. The molecular formula is C20H22N2O6. The maximum atomic E-state index is 12.4. The lowest BCUT2D eigenvalue weighted by Crippen LogP contribution is -2.39. The van der Waals surface area contributed by atoms with Crippen LogP contribution in [0.5, 0.6) is 23.0 Å². The molecule has 0 unspecified atom stereocenters. The van der Waals surface area contributed by atoms with Crippen molar-refractivity contribution < 1.29 is 28.5 Å². The van der Waals surface area contributed by atoms with Gasteiger partial charge in [-0.15, -0.1) is 0 Å². The van der Waals surface area contributed by atoms with Crippen LogP contribution in [0.15, 0.2) is 36.4 Å². The van der Waals surface area contributed by atoms with Gasteiger partial charge in [0.25, 0.3) is 0 Å². The van der Waals surface area contributed by atoms with E-state index in [1.54, 1.807) is 31.4 Å². The summed E-state index contributed by atoms with van der Waals surface area (Å²) >= 11 is 0. The third kappa shape index (κ3) is 4.28. The van der Waals surface area contributed by atoms with Crippen molar-refractivity contribution in [2.45, 2.75) is 13.5 Å². The third-order valence-electron chi connectivity index (χ3n) is 4.29. The number of rotatable bonds is 7. The number of methoxy groups -OCH3 is 2. The van der Waals surface area contributed by atoms with Gasteiger partial charge in [0.1, 0.15) is 18.0 Å². The molecule has 2 aromatic rings. The van der Waals surface area contributed by atoms with Crippen LogP contribution >= 0.6 is 0 Å². The van der Waals surface area contributed by atoms with Gasteiger partial charge in [-0.25, -0.2) is 0 Å². The van der Waals surface area contributed by atoms with Gasteiger partial charge in [0, 0.05) is 19.5 Å². The van der Waals surface area contributed by atoms with Gasteiger partial charge in [0.15, 0.2) is 11.5 Å². The second-order valence-corrected chi connectivity index (χ2v) is 6.11. The Labute approximate surface area is 162 Å². The van der Waals surface area contributed by atoms with E-state index in [1.807, 2.05) is 12.1 Å². The third-order valence-corrected chi connectivity index (χ3v) is 4.29. The highest BCUT2D eigenvalue weighted by Gasteiger charge is 2.20. The average molecular weight is 386 g/mol. The van der Waals surface area contributed by atoms with E-state index in [1.165, 1.54) is 18.9 Å². The summed E-state index contributed by atoms with van der Waals surface area (Å²) in [4.78, 5) is 25.9. The van der Waals surface area contributed by atoms with Crippen LogP contribution in [0.3, 0.4) is 0 Å². The second-order valence-electron chi connectivity index (χ2n) is 6.11. The molecule has 8 nitrogen and oxygen atoms in total. The van der Waals surface area contributed by atoms with Gasteiger partial charge >= 0.3 is 0 Å². The number of carbonyl (C=O) groups is 2. The van der Waals surface area contributed by atoms with Gasteiger partial charge in [-0.05, 0) is 29.8 Å². The Morgan fingerprint density at radius 1 is 1.07 bits per heavy atom. The largest absolute Gasteiger partial charge is 0.497 e. The first kappa shape index (κ1) is 19.3. The van der Waals surface area contributed by atoms with E-state index in [9.17, 15) is 9.59 Å². The Morgan fingerprint density at radius 3 is 2.57 bits per heavy atom. The molecule has 2 amide bonds. The lowest BCUT2D eigenvalue weighted by Gasteiger charge is -2.23. The molecule has 0 atom stereocenters. The monoisotopic (exact) mass is 386 g/mol. The summed E-state index contributed by atoms with van der Waals surface area (Å²) in [6.45, 7) is 1.76. The second kappa shape index (κ2) is 8.51. The summed E-state index contributed by atoms with van der Waals surface area (Å²) in [5.41, 5.74) is 1.36. The highest BCUT2D eigenvalue weighted by molar-refractivity contribution is 5.98. The summed E-state index contributed by atoms with van der Waals surface area (Å²) in [6, 6.07) is 10.5. The van der Waals surface area contributed by atoms with E-state index in [-0.39, 0.29) is 25.2 Å². The normalized spacial score (nSPS) is 11.7. The molecule has 0 fully saturated rings. The van der Waals surface area contributed by atoms with Gasteiger partial charge in [-0.1, -0.05) is 6.07 Å². The van der Waals surface area contributed by atoms with Gasteiger partial charge in [0.05, 0.1) is 19.9 Å². The molecule has 3 rings (SSSR count). The molecule has 2 aromatic carbocycles. The van der Waals surface area contributed by atoms with Gasteiger partial charge in [0.2, 0.25) is 18.6 Å². The smallest absolute Gasteiger partial charge is 0.240 e. The highest BCUT2D eigenvalue weighted by atomic mass is 16.7. The molecule has 8 heteroatoms. The van der Waals surface area contributed by atoms with Gasteiger partial charge in [-0.3, -0.25) is 14.5 Å². The fourth-order valence-corrected chi connectivity index (χ4v) is 2.83. The molecule has 1 N–H and O–H groups in total. The Balaban J connectivity index is 1.67. The van der Waals surface area contributed by atoms with Gasteiger partial charge < -0.3 is 24.3 Å². The van der Waals surface area contributed by atoms with Crippen LogP contribution < -0.4 is 29.2 Å². The highest BCUT2D eigenvalue weighted by Crippen LogP contribution is 2.33. The Morgan fingerprint density at radius 2 is 1.86 bits per heavy atom. The maximum Gasteiger partial charge on any atom is 0.240 e. The van der Waals surface area contributed by atoms with E-state index < -0.39 is 0 Å². The zero-order valence-corrected chi connectivity index (χ0v) is 16.0. The summed E-state index contributed by atoms with van der Waals surface area (Å²) in [6.07, 6.45) is 0. The minimum absolute atomic E-state index is 0.136. The maximum absolute atomic E-state index is 12.4. The Kier molecular flexibility index (Phi) is 5.88. The van der Waals surface area contributed by atoms with Crippen LogP contribution in [0.2, 0.25) is 0 Å². The fraction of sp³-hybridized carbons (Fsp3) is 0.300. The topological polar surface area (TPSA) is 86.3 Å². The van der Waals surface area contributed by atoms with Crippen LogP contribution in [0.4, 0.5) is 5.69 Å². The minimum Gasteiger partial charge on any atom is -0.497 e. The number of nitrogens with zero attached hydrogens (tertiary/aromatic N) is 1. The number of hydrogen-bond donors (Lipinski definition) is 1. The Bertz CT molecular complexity index is 883. The molecule has 0 saturated heterocycles. The number of benzene rings is 2. The van der Waals surface area contributed by atoms with Crippen molar-refractivity contribution in [3.05, 3.63) is 42.0 Å². The number of nitrogens with one attached hydrogen (secondary N) is 1. The summed E-state index contributed by atoms with van der Waals surface area (Å²) in [5, 5.41) is 2.81. The quantitative estimate of drug-likeness (QED) is 0.784. The molecule has 0 radical (unpaired) electrons. The van der Waals surface area contributed by atoms with E-state index in [0.29, 0.717) is 35.2 Å². The molecule has 1 heterocycles. The Hall–Kier alpha value is -3.42. The molecule has 0 aliphatic carbocycles. The van der Waals surface area contributed by atoms with Crippen molar-refractivity contribution in [3.63, 3.8) is 0 Å². The van der Waals surface area contributed by atoms with Crippen LogP contribution in [0.25, 0.3) is 0 Å². The van der Waals surface area contributed by atoms with E-state index in [2.05, 4.69) is 5.32 Å². The van der Waals surface area contributed by atoms with Crippen LogP contribution in [0, 0.1) is 0 Å². The first-order valence-electron chi connectivity index (χ1n) is 8.67. The summed E-state index contributed by atoms with van der Waals surface area (Å²) in [5.74, 6) is 1.80. The molecule has 1 aliphatic rings. The number of amides is 2. The van der Waals surface area contributed by atoms with E-state index in [0.717, 1.165) is 5.56 Å². The number of carbonyl (C=O) groups excluding carboxylic acids is 2. The number of fused-ring (bicyclic) bond motifs is 1. The lowest BCUT2D eigenvalue weighted by atomic mass is 10.2. The molecular weight excluding hydrogens is 364 g/mol. The van der Waals surface area contributed by atoms with Gasteiger partial charge in [-0.2, -0.15) is 0 Å². The molecule has 0 saturated carbocycles. The first-order valence-corrected chi connectivity index (χ1v) is 8.67. The van der Waals surface area contributed by atoms with Crippen molar-refractivity contribution in [2.24, 2.45) is 0 Å². The first-order chi connectivity index (χ1) is 13.5. The van der Waals surface area contributed by atoms with Crippen LogP contribution in [0.1, 0.15) is 12.5 Å². The van der Waals surface area contributed by atoms with Crippen LogP contribution in [-0.4, -0.2) is 39.4 Å². The predicted octanol–water partition coefficient (Wildman–Crippen LogP) is 2.10. The van der Waals surface area contributed by atoms with E-state index in [4.69, 9.17) is 18.9 Å². The number of hydrogen-bond acceptors (Lipinski definition) is 6. The summed E-state index contributed by atoms with van der Waals surface area (Å²) in [7, 11) is 3.04. The minimum atomic E-state index is -0.300. The van der Waals surface area contributed by atoms with Crippen molar-refractivity contribution >= 4 is 17.5 Å². The average Bonchev–Trinajstić information content (AvgIpc) is 3.17. The zero-order chi connectivity index (χ0) is 20.1. The van der Waals surface area contributed by atoms with Crippen LogP contribution in [-0.2, 0) is 16.1 Å². The fourth-order valence-electron chi connectivity index (χ4n) is 2.83.